The van der Waals surface area contributed by atoms with Crippen molar-refractivity contribution in [1.29, 1.82) is 0 Å². The van der Waals surface area contributed by atoms with Crippen LogP contribution in [0.4, 0.5) is 5.88 Å². The van der Waals surface area contributed by atoms with Crippen LogP contribution >= 0.6 is 0 Å². The van der Waals surface area contributed by atoms with Gasteiger partial charge in [0.2, 0.25) is 17.7 Å². The van der Waals surface area contributed by atoms with Crippen LogP contribution in [0.25, 0.3) is 0 Å². The smallest absolute Gasteiger partial charge is 0.243 e. The summed E-state index contributed by atoms with van der Waals surface area (Å²) in [6.45, 7) is 7.07. The molecule has 0 aliphatic carbocycles. The summed E-state index contributed by atoms with van der Waals surface area (Å²) in [6.07, 6.45) is 5.15. The molecule has 2 aliphatic heterocycles. The van der Waals surface area contributed by atoms with Crippen molar-refractivity contribution in [2.45, 2.75) is 52.0 Å². The Kier molecular flexibility index (Phi) is 5.73. The Balaban J connectivity index is 1.47. The summed E-state index contributed by atoms with van der Waals surface area (Å²) in [5.41, 5.74) is 0.736. The molecular formula is C18H28N4O3. The van der Waals surface area contributed by atoms with Crippen molar-refractivity contribution in [2.75, 3.05) is 31.5 Å². The zero-order valence-electron chi connectivity index (χ0n) is 15.2. The number of amides is 2. The molecule has 7 heteroatoms. The number of anilines is 1. The first kappa shape index (κ1) is 17.9. The Morgan fingerprint density at radius 2 is 1.88 bits per heavy atom. The number of nitrogens with one attached hydrogen (secondary N) is 1. The highest BCUT2D eigenvalue weighted by Gasteiger charge is 2.32. The number of nitrogens with zero attached hydrogens (tertiary/aromatic N) is 3. The zero-order valence-corrected chi connectivity index (χ0v) is 15.2. The number of rotatable bonds is 4. The quantitative estimate of drug-likeness (QED) is 0.901. The number of aromatic nitrogens is 1. The van der Waals surface area contributed by atoms with Gasteiger partial charge in [-0.25, -0.2) is 0 Å². The molecule has 2 saturated heterocycles. The van der Waals surface area contributed by atoms with Gasteiger partial charge in [0, 0.05) is 25.1 Å². The molecule has 0 bridgehead atoms. The third kappa shape index (κ3) is 4.39. The number of carbonyl (C=O) groups is 2. The van der Waals surface area contributed by atoms with Crippen molar-refractivity contribution < 1.29 is 14.1 Å². The molecule has 2 aliphatic rings. The lowest BCUT2D eigenvalue weighted by Crippen LogP contribution is -2.49. The molecule has 0 radical (unpaired) electrons. The minimum absolute atomic E-state index is 0.100. The monoisotopic (exact) mass is 348 g/mol. The Labute approximate surface area is 148 Å². The molecule has 3 heterocycles. The van der Waals surface area contributed by atoms with Crippen LogP contribution in [0.5, 0.6) is 0 Å². The van der Waals surface area contributed by atoms with E-state index < -0.39 is 0 Å². The maximum Gasteiger partial charge on any atom is 0.243 e. The van der Waals surface area contributed by atoms with Gasteiger partial charge in [-0.3, -0.25) is 19.8 Å². The molecule has 0 aromatic carbocycles. The van der Waals surface area contributed by atoms with E-state index >= 15 is 0 Å². The second-order valence-corrected chi connectivity index (χ2v) is 7.19. The highest BCUT2D eigenvalue weighted by molar-refractivity contribution is 5.93. The van der Waals surface area contributed by atoms with Crippen molar-refractivity contribution in [3.63, 3.8) is 0 Å². The molecule has 1 unspecified atom stereocenters. The molecule has 1 aromatic rings. The van der Waals surface area contributed by atoms with E-state index in [1.165, 1.54) is 6.42 Å². The summed E-state index contributed by atoms with van der Waals surface area (Å²) in [7, 11) is 0. The fourth-order valence-electron chi connectivity index (χ4n) is 3.72. The molecule has 7 nitrogen and oxygen atoms in total. The first-order chi connectivity index (χ1) is 12.0. The molecule has 25 heavy (non-hydrogen) atoms. The van der Waals surface area contributed by atoms with Crippen LogP contribution < -0.4 is 5.32 Å². The van der Waals surface area contributed by atoms with Crippen molar-refractivity contribution in [2.24, 2.45) is 5.92 Å². The molecule has 2 amide bonds. The molecular weight excluding hydrogens is 320 g/mol. The highest BCUT2D eigenvalue weighted by atomic mass is 16.5. The normalized spacial score (nSPS) is 21.1. The molecule has 138 valence electrons. The molecule has 0 saturated carbocycles. The van der Waals surface area contributed by atoms with Crippen LogP contribution in [0.2, 0.25) is 0 Å². The Morgan fingerprint density at radius 3 is 2.48 bits per heavy atom. The fourth-order valence-corrected chi connectivity index (χ4v) is 3.72. The van der Waals surface area contributed by atoms with Crippen LogP contribution in [-0.2, 0) is 9.59 Å². The second kappa shape index (κ2) is 7.99. The lowest BCUT2D eigenvalue weighted by Gasteiger charge is -2.37. The number of piperidine rings is 2. The molecule has 1 atom stereocenters. The number of carbonyl (C=O) groups excluding carboxylic acids is 2. The topological polar surface area (TPSA) is 78.7 Å². The summed E-state index contributed by atoms with van der Waals surface area (Å²) in [5, 5.41) is 6.53. The van der Waals surface area contributed by atoms with Gasteiger partial charge < -0.3 is 9.42 Å². The van der Waals surface area contributed by atoms with E-state index in [2.05, 4.69) is 15.4 Å². The largest absolute Gasteiger partial charge is 0.342 e. The predicted octanol–water partition coefficient (Wildman–Crippen LogP) is 2.03. The van der Waals surface area contributed by atoms with Crippen molar-refractivity contribution in [3.8, 4) is 0 Å². The van der Waals surface area contributed by atoms with E-state index in [-0.39, 0.29) is 17.9 Å². The van der Waals surface area contributed by atoms with E-state index in [1.54, 1.807) is 6.07 Å². The van der Waals surface area contributed by atoms with Gasteiger partial charge in [-0.1, -0.05) is 5.16 Å². The van der Waals surface area contributed by atoms with Gasteiger partial charge in [0.15, 0.2) is 0 Å². The number of aryl methyl sites for hydroxylation is 1. The average molecular weight is 348 g/mol. The van der Waals surface area contributed by atoms with Crippen LogP contribution in [-0.4, -0.2) is 59.0 Å². The van der Waals surface area contributed by atoms with Crippen molar-refractivity contribution in [1.82, 2.24) is 15.0 Å². The Hall–Kier alpha value is -1.89. The van der Waals surface area contributed by atoms with Gasteiger partial charge >= 0.3 is 0 Å². The molecule has 2 fully saturated rings. The van der Waals surface area contributed by atoms with Crippen molar-refractivity contribution in [3.05, 3.63) is 11.8 Å². The SMILES string of the molecule is Cc1cc(NC(=O)C(C)N2CCC(C(=O)N3CCCCC3)CC2)on1. The third-order valence-corrected chi connectivity index (χ3v) is 5.35. The second-order valence-electron chi connectivity index (χ2n) is 7.19. The standard InChI is InChI=1S/C18H28N4O3/c1-13-12-16(25-20-13)19-17(23)14(2)21-10-6-15(7-11-21)18(24)22-8-4-3-5-9-22/h12,14-15H,3-11H2,1-2H3,(H,19,23). The Morgan fingerprint density at radius 1 is 1.20 bits per heavy atom. The van der Waals surface area contributed by atoms with Crippen LogP contribution in [0.1, 0.15) is 44.7 Å². The third-order valence-electron chi connectivity index (χ3n) is 5.35. The maximum absolute atomic E-state index is 12.6. The van der Waals surface area contributed by atoms with E-state index in [0.717, 1.165) is 57.6 Å². The maximum atomic E-state index is 12.6. The number of likely N-dealkylation sites (tertiary alicyclic amines) is 2. The molecule has 0 spiro atoms. The summed E-state index contributed by atoms with van der Waals surface area (Å²) in [6, 6.07) is 1.45. The molecule has 1 N–H and O–H groups in total. The van der Waals surface area contributed by atoms with E-state index in [1.807, 2.05) is 18.7 Å². The molecule has 1 aromatic heterocycles. The fraction of sp³-hybridized carbons (Fsp3) is 0.722. The highest BCUT2D eigenvalue weighted by Crippen LogP contribution is 2.23. The first-order valence-electron chi connectivity index (χ1n) is 9.31. The lowest BCUT2D eigenvalue weighted by atomic mass is 9.93. The number of hydrogen-bond donors (Lipinski definition) is 1. The van der Waals surface area contributed by atoms with E-state index in [9.17, 15) is 9.59 Å². The summed E-state index contributed by atoms with van der Waals surface area (Å²) in [5.74, 6) is 0.705. The van der Waals surface area contributed by atoms with Gasteiger partial charge in [0.05, 0.1) is 11.7 Å². The first-order valence-corrected chi connectivity index (χ1v) is 9.31. The Bertz CT molecular complexity index is 601. The molecule has 3 rings (SSSR count). The minimum Gasteiger partial charge on any atom is -0.342 e. The van der Waals surface area contributed by atoms with Crippen LogP contribution in [0.3, 0.4) is 0 Å². The number of hydrogen-bond acceptors (Lipinski definition) is 5. The predicted molar refractivity (Wildman–Crippen MR) is 94.1 cm³/mol. The van der Waals surface area contributed by atoms with Gasteiger partial charge in [-0.2, -0.15) is 0 Å². The average Bonchev–Trinajstić information content (AvgIpc) is 3.06. The van der Waals surface area contributed by atoms with Gasteiger partial charge in [0.25, 0.3) is 0 Å². The van der Waals surface area contributed by atoms with Gasteiger partial charge in [-0.15, -0.1) is 0 Å². The summed E-state index contributed by atoms with van der Waals surface area (Å²) in [4.78, 5) is 29.2. The summed E-state index contributed by atoms with van der Waals surface area (Å²) >= 11 is 0. The van der Waals surface area contributed by atoms with Gasteiger partial charge in [0.1, 0.15) is 0 Å². The van der Waals surface area contributed by atoms with Crippen LogP contribution in [0.15, 0.2) is 10.6 Å². The van der Waals surface area contributed by atoms with Crippen molar-refractivity contribution >= 4 is 17.7 Å². The van der Waals surface area contributed by atoms with Gasteiger partial charge in [-0.05, 0) is 59.0 Å². The van der Waals surface area contributed by atoms with E-state index in [4.69, 9.17) is 4.52 Å². The van der Waals surface area contributed by atoms with E-state index in [0.29, 0.717) is 11.8 Å². The zero-order chi connectivity index (χ0) is 17.8. The van der Waals surface area contributed by atoms with Crippen LogP contribution in [0, 0.1) is 12.8 Å². The summed E-state index contributed by atoms with van der Waals surface area (Å²) < 4.78 is 5.04. The minimum atomic E-state index is -0.253. The lowest BCUT2D eigenvalue weighted by molar-refractivity contribution is -0.138.